The summed E-state index contributed by atoms with van der Waals surface area (Å²) in [4.78, 5) is 9.27. The minimum absolute atomic E-state index is 0.641. The summed E-state index contributed by atoms with van der Waals surface area (Å²) in [5.74, 6) is 2.09. The Hall–Kier alpha value is -2.63. The number of ether oxygens (including phenoxy) is 1. The normalized spacial score (nSPS) is 10.5. The van der Waals surface area contributed by atoms with Crippen molar-refractivity contribution < 1.29 is 4.74 Å². The number of nitrogens with one attached hydrogen (secondary N) is 2. The lowest BCUT2D eigenvalue weighted by Gasteiger charge is -2.12. The quantitative estimate of drug-likeness (QED) is 0.548. The van der Waals surface area contributed by atoms with Crippen molar-refractivity contribution in [1.29, 1.82) is 0 Å². The van der Waals surface area contributed by atoms with Gasteiger partial charge in [-0.05, 0) is 18.6 Å². The first-order chi connectivity index (χ1) is 12.8. The summed E-state index contributed by atoms with van der Waals surface area (Å²) in [5, 5.41) is 7.24. The van der Waals surface area contributed by atoms with Gasteiger partial charge in [-0.2, -0.15) is 0 Å². The van der Waals surface area contributed by atoms with E-state index >= 15 is 0 Å². The Morgan fingerprint density at radius 1 is 0.962 bits per heavy atom. The van der Waals surface area contributed by atoms with Gasteiger partial charge >= 0.3 is 0 Å². The molecule has 6 heteroatoms. The predicted octanol–water partition coefficient (Wildman–Crippen LogP) is 4.99. The number of hydrogen-bond acceptors (Lipinski definition) is 5. The summed E-state index contributed by atoms with van der Waals surface area (Å²) in [6.45, 7) is 1.47. The molecule has 0 saturated carbocycles. The third kappa shape index (κ3) is 4.94. The number of para-hydroxylation sites is 1. The number of rotatable bonds is 8. The smallest absolute Gasteiger partial charge is 0.163 e. The zero-order valence-electron chi connectivity index (χ0n) is 14.6. The van der Waals surface area contributed by atoms with E-state index in [0.29, 0.717) is 23.3 Å². The summed E-state index contributed by atoms with van der Waals surface area (Å²) in [6.07, 6.45) is 0.897. The van der Waals surface area contributed by atoms with Crippen LogP contribution in [-0.4, -0.2) is 30.2 Å². The second-order valence-electron chi connectivity index (χ2n) is 5.71. The first-order valence-electron chi connectivity index (χ1n) is 8.45. The first kappa shape index (κ1) is 18.2. The van der Waals surface area contributed by atoms with Crippen molar-refractivity contribution in [3.63, 3.8) is 0 Å². The summed E-state index contributed by atoms with van der Waals surface area (Å²) in [7, 11) is 1.70. The number of nitrogens with zero attached hydrogens (tertiary/aromatic N) is 2. The monoisotopic (exact) mass is 368 g/mol. The van der Waals surface area contributed by atoms with Crippen LogP contribution >= 0.6 is 11.6 Å². The molecule has 3 rings (SSSR count). The molecule has 0 spiro atoms. The van der Waals surface area contributed by atoms with Gasteiger partial charge in [0.05, 0.1) is 10.7 Å². The Labute approximate surface area is 158 Å². The van der Waals surface area contributed by atoms with E-state index in [1.165, 1.54) is 0 Å². The van der Waals surface area contributed by atoms with Crippen molar-refractivity contribution in [3.05, 3.63) is 65.7 Å². The molecule has 0 aliphatic heterocycles. The Kier molecular flexibility index (Phi) is 6.41. The SMILES string of the molecule is COCCCNc1cc(Nc2ccccc2Cl)nc(-c2ccccc2)n1. The molecule has 0 atom stereocenters. The van der Waals surface area contributed by atoms with E-state index in [4.69, 9.17) is 16.3 Å². The van der Waals surface area contributed by atoms with Crippen molar-refractivity contribution in [1.82, 2.24) is 9.97 Å². The lowest BCUT2D eigenvalue weighted by atomic mass is 10.2. The molecule has 2 N–H and O–H groups in total. The minimum atomic E-state index is 0.641. The van der Waals surface area contributed by atoms with Gasteiger partial charge < -0.3 is 15.4 Å². The van der Waals surface area contributed by atoms with E-state index in [-0.39, 0.29) is 0 Å². The Balaban J connectivity index is 1.88. The molecule has 0 aliphatic carbocycles. The molecule has 1 heterocycles. The van der Waals surface area contributed by atoms with Crippen LogP contribution in [0.1, 0.15) is 6.42 Å². The standard InChI is InChI=1S/C20H21ClN4O/c1-26-13-7-12-22-18-14-19(23-17-11-6-5-10-16(17)21)25-20(24-18)15-8-3-2-4-9-15/h2-6,8-11,14H,7,12-13H2,1H3,(H2,22,23,24,25). The van der Waals surface area contributed by atoms with Crippen molar-refractivity contribution in [2.45, 2.75) is 6.42 Å². The third-order valence-corrected chi connectivity index (χ3v) is 4.06. The van der Waals surface area contributed by atoms with Crippen LogP contribution in [0.2, 0.25) is 5.02 Å². The topological polar surface area (TPSA) is 59.1 Å². The molecule has 0 aliphatic rings. The zero-order chi connectivity index (χ0) is 18.2. The van der Waals surface area contributed by atoms with Crippen LogP contribution < -0.4 is 10.6 Å². The lowest BCUT2D eigenvalue weighted by Crippen LogP contribution is -2.08. The van der Waals surface area contributed by atoms with Crippen molar-refractivity contribution >= 4 is 28.9 Å². The number of halogens is 1. The second-order valence-corrected chi connectivity index (χ2v) is 6.11. The van der Waals surface area contributed by atoms with E-state index in [0.717, 1.165) is 30.0 Å². The van der Waals surface area contributed by atoms with Crippen molar-refractivity contribution in [2.75, 3.05) is 30.9 Å². The third-order valence-electron chi connectivity index (χ3n) is 3.73. The van der Waals surface area contributed by atoms with Crippen LogP contribution in [0.25, 0.3) is 11.4 Å². The largest absolute Gasteiger partial charge is 0.385 e. The fourth-order valence-corrected chi connectivity index (χ4v) is 2.63. The molecule has 1 aromatic heterocycles. The van der Waals surface area contributed by atoms with E-state index in [9.17, 15) is 0 Å². The lowest BCUT2D eigenvalue weighted by molar-refractivity contribution is 0.198. The van der Waals surface area contributed by atoms with Gasteiger partial charge in [-0.15, -0.1) is 0 Å². The van der Waals surface area contributed by atoms with Crippen molar-refractivity contribution in [3.8, 4) is 11.4 Å². The highest BCUT2D eigenvalue weighted by molar-refractivity contribution is 6.33. The van der Waals surface area contributed by atoms with E-state index < -0.39 is 0 Å². The summed E-state index contributed by atoms with van der Waals surface area (Å²) >= 11 is 6.25. The Morgan fingerprint density at radius 3 is 2.46 bits per heavy atom. The maximum Gasteiger partial charge on any atom is 0.163 e. The van der Waals surface area contributed by atoms with Gasteiger partial charge in [0, 0.05) is 31.9 Å². The van der Waals surface area contributed by atoms with E-state index in [1.54, 1.807) is 7.11 Å². The predicted molar refractivity (Wildman–Crippen MR) is 107 cm³/mol. The number of benzene rings is 2. The molecule has 134 valence electrons. The van der Waals surface area contributed by atoms with Crippen molar-refractivity contribution in [2.24, 2.45) is 0 Å². The van der Waals surface area contributed by atoms with Gasteiger partial charge in [0.2, 0.25) is 0 Å². The van der Waals surface area contributed by atoms with Crippen LogP contribution in [0.5, 0.6) is 0 Å². The highest BCUT2D eigenvalue weighted by Crippen LogP contribution is 2.26. The summed E-state index contributed by atoms with van der Waals surface area (Å²) in [5.41, 5.74) is 1.76. The molecular formula is C20H21ClN4O. The number of methoxy groups -OCH3 is 1. The molecule has 2 aromatic carbocycles. The molecular weight excluding hydrogens is 348 g/mol. The maximum absolute atomic E-state index is 6.25. The highest BCUT2D eigenvalue weighted by atomic mass is 35.5. The first-order valence-corrected chi connectivity index (χ1v) is 8.83. The number of aromatic nitrogens is 2. The molecule has 26 heavy (non-hydrogen) atoms. The molecule has 0 fully saturated rings. The van der Waals surface area contributed by atoms with Gasteiger partial charge in [0.25, 0.3) is 0 Å². The van der Waals surface area contributed by atoms with Gasteiger partial charge in [-0.3, -0.25) is 0 Å². The van der Waals surface area contributed by atoms with Gasteiger partial charge in [-0.25, -0.2) is 9.97 Å². The van der Waals surface area contributed by atoms with Crippen LogP contribution in [0, 0.1) is 0 Å². The Morgan fingerprint density at radius 2 is 1.69 bits per heavy atom. The molecule has 0 unspecified atom stereocenters. The average Bonchev–Trinajstić information content (AvgIpc) is 2.68. The maximum atomic E-state index is 6.25. The van der Waals surface area contributed by atoms with Gasteiger partial charge in [0.1, 0.15) is 11.6 Å². The van der Waals surface area contributed by atoms with Gasteiger partial charge in [0.15, 0.2) is 5.82 Å². The average molecular weight is 369 g/mol. The van der Waals surface area contributed by atoms with Crippen LogP contribution in [-0.2, 0) is 4.74 Å². The minimum Gasteiger partial charge on any atom is -0.385 e. The summed E-state index contributed by atoms with van der Waals surface area (Å²) < 4.78 is 5.09. The number of anilines is 3. The zero-order valence-corrected chi connectivity index (χ0v) is 15.3. The molecule has 5 nitrogen and oxygen atoms in total. The highest BCUT2D eigenvalue weighted by Gasteiger charge is 2.08. The second kappa shape index (κ2) is 9.17. The fourth-order valence-electron chi connectivity index (χ4n) is 2.45. The van der Waals surface area contributed by atoms with E-state index in [1.807, 2.05) is 60.7 Å². The molecule has 3 aromatic rings. The van der Waals surface area contributed by atoms with Crippen LogP contribution in [0.3, 0.4) is 0 Å². The summed E-state index contributed by atoms with van der Waals surface area (Å²) in [6, 6.07) is 19.3. The van der Waals surface area contributed by atoms with Gasteiger partial charge in [-0.1, -0.05) is 54.1 Å². The molecule has 0 radical (unpaired) electrons. The van der Waals surface area contributed by atoms with Crippen LogP contribution in [0.15, 0.2) is 60.7 Å². The molecule has 0 bridgehead atoms. The van der Waals surface area contributed by atoms with E-state index in [2.05, 4.69) is 20.6 Å². The number of hydrogen-bond donors (Lipinski definition) is 2. The Bertz CT molecular complexity index is 842. The van der Waals surface area contributed by atoms with Crippen LogP contribution in [0.4, 0.5) is 17.3 Å². The molecule has 0 amide bonds. The molecule has 0 saturated heterocycles. The fraction of sp³-hybridized carbons (Fsp3) is 0.200.